The molecule has 0 aromatic rings. The highest BCUT2D eigenvalue weighted by Gasteiger charge is 2.40. The van der Waals surface area contributed by atoms with Gasteiger partial charge in [-0.3, -0.25) is 0 Å². The Morgan fingerprint density at radius 2 is 1.52 bits per heavy atom. The topological polar surface area (TPSA) is 79.2 Å². The summed E-state index contributed by atoms with van der Waals surface area (Å²) in [6.45, 7) is 2.68. The average Bonchev–Trinajstić information content (AvgIpc) is 3.00. The number of rotatable bonds is 17. The van der Waals surface area contributed by atoms with Gasteiger partial charge in [-0.1, -0.05) is 64.0 Å². The maximum atomic E-state index is 9.81. The van der Waals surface area contributed by atoms with Gasteiger partial charge < -0.3 is 24.8 Å². The van der Waals surface area contributed by atoms with Crippen molar-refractivity contribution in [1.82, 2.24) is 0 Å². The molecule has 1 saturated heterocycles. The Morgan fingerprint density at radius 1 is 0.926 bits per heavy atom. The highest BCUT2D eigenvalue weighted by molar-refractivity contribution is 4.88. The van der Waals surface area contributed by atoms with Crippen LogP contribution in [0.3, 0.4) is 0 Å². The zero-order valence-electron chi connectivity index (χ0n) is 17.2. The van der Waals surface area contributed by atoms with Gasteiger partial charge in [0.15, 0.2) is 0 Å². The quantitative estimate of drug-likeness (QED) is 0.262. The second-order valence-electron chi connectivity index (χ2n) is 7.68. The van der Waals surface area contributed by atoms with Crippen LogP contribution in [0.1, 0.15) is 84.0 Å². The molecule has 0 aromatic heterocycles. The fourth-order valence-electron chi connectivity index (χ4n) is 3.44. The third-order valence-corrected chi connectivity index (χ3v) is 5.22. The van der Waals surface area contributed by atoms with Crippen molar-refractivity contribution in [3.05, 3.63) is 12.2 Å². The largest absolute Gasteiger partial charge is 0.394 e. The lowest BCUT2D eigenvalue weighted by Gasteiger charge is -2.24. The number of hydrogen-bond acceptors (Lipinski definition) is 5. The molecule has 1 rings (SSSR count). The van der Waals surface area contributed by atoms with Gasteiger partial charge in [-0.15, -0.1) is 0 Å². The Hall–Kier alpha value is -0.460. The van der Waals surface area contributed by atoms with Crippen molar-refractivity contribution in [2.45, 2.75) is 108 Å². The first-order valence-electron chi connectivity index (χ1n) is 11.1. The normalized spacial score (nSPS) is 24.1. The molecule has 0 saturated carbocycles. The van der Waals surface area contributed by atoms with Gasteiger partial charge in [0.1, 0.15) is 24.4 Å². The summed E-state index contributed by atoms with van der Waals surface area (Å²) < 4.78 is 11.0. The third-order valence-electron chi connectivity index (χ3n) is 5.22. The van der Waals surface area contributed by atoms with Crippen LogP contribution < -0.4 is 0 Å². The molecule has 4 atom stereocenters. The smallest absolute Gasteiger partial charge is 0.114 e. The molecule has 0 bridgehead atoms. The molecule has 27 heavy (non-hydrogen) atoms. The van der Waals surface area contributed by atoms with Crippen molar-refractivity contribution < 1.29 is 24.8 Å². The van der Waals surface area contributed by atoms with Gasteiger partial charge in [0.25, 0.3) is 0 Å². The van der Waals surface area contributed by atoms with Crippen LogP contribution in [-0.4, -0.2) is 59.6 Å². The first-order valence-corrected chi connectivity index (χ1v) is 11.1. The minimum absolute atomic E-state index is 0.0976. The Labute approximate surface area is 165 Å². The van der Waals surface area contributed by atoms with Crippen LogP contribution in [0, 0.1) is 0 Å². The van der Waals surface area contributed by atoms with Gasteiger partial charge in [-0.05, 0) is 32.1 Å². The summed E-state index contributed by atoms with van der Waals surface area (Å²) in [5.74, 6) is 0. The van der Waals surface area contributed by atoms with Gasteiger partial charge in [0.05, 0.1) is 13.2 Å². The molecule has 0 aliphatic carbocycles. The summed E-state index contributed by atoms with van der Waals surface area (Å²) in [7, 11) is 0. The first-order chi connectivity index (χ1) is 13.2. The molecule has 0 amide bonds. The molecule has 160 valence electrons. The number of hydrogen-bond donors (Lipinski definition) is 3. The van der Waals surface area contributed by atoms with Crippen LogP contribution in [0.2, 0.25) is 0 Å². The van der Waals surface area contributed by atoms with Gasteiger partial charge in [0.2, 0.25) is 0 Å². The first kappa shape index (κ1) is 24.6. The zero-order chi connectivity index (χ0) is 19.7. The van der Waals surface area contributed by atoms with Crippen LogP contribution >= 0.6 is 0 Å². The van der Waals surface area contributed by atoms with E-state index in [0.29, 0.717) is 6.61 Å². The number of allylic oxidation sites excluding steroid dienone is 2. The van der Waals surface area contributed by atoms with E-state index in [9.17, 15) is 15.3 Å². The second-order valence-corrected chi connectivity index (χ2v) is 7.68. The van der Waals surface area contributed by atoms with Crippen LogP contribution in [0.5, 0.6) is 0 Å². The average molecular weight is 387 g/mol. The van der Waals surface area contributed by atoms with Crippen LogP contribution in [0.25, 0.3) is 0 Å². The van der Waals surface area contributed by atoms with E-state index in [0.717, 1.165) is 12.8 Å². The Morgan fingerprint density at radius 3 is 2.07 bits per heavy atom. The lowest BCUT2D eigenvalue weighted by molar-refractivity contribution is -0.101. The predicted molar refractivity (Wildman–Crippen MR) is 109 cm³/mol. The number of aliphatic hydroxyl groups excluding tert-OH is 3. The zero-order valence-corrected chi connectivity index (χ0v) is 17.2. The molecule has 5 nitrogen and oxygen atoms in total. The van der Waals surface area contributed by atoms with Crippen molar-refractivity contribution in [1.29, 1.82) is 0 Å². The fourth-order valence-corrected chi connectivity index (χ4v) is 3.44. The minimum atomic E-state index is -0.978. The van der Waals surface area contributed by atoms with E-state index in [1.165, 1.54) is 64.2 Å². The van der Waals surface area contributed by atoms with Crippen LogP contribution in [-0.2, 0) is 9.47 Å². The van der Waals surface area contributed by atoms with E-state index < -0.39 is 24.4 Å². The monoisotopic (exact) mass is 386 g/mol. The van der Waals surface area contributed by atoms with Gasteiger partial charge >= 0.3 is 0 Å². The number of unbranched alkanes of at least 4 members (excludes halogenated alkanes) is 10. The lowest BCUT2D eigenvalue weighted by atomic mass is 10.1. The van der Waals surface area contributed by atoms with Crippen molar-refractivity contribution in [3.63, 3.8) is 0 Å². The van der Waals surface area contributed by atoms with E-state index in [-0.39, 0.29) is 13.2 Å². The Kier molecular flexibility index (Phi) is 15.0. The summed E-state index contributed by atoms with van der Waals surface area (Å²) in [6, 6.07) is 0. The van der Waals surface area contributed by atoms with E-state index in [1.54, 1.807) is 0 Å². The van der Waals surface area contributed by atoms with Gasteiger partial charge in [-0.25, -0.2) is 0 Å². The van der Waals surface area contributed by atoms with Crippen molar-refractivity contribution in [3.8, 4) is 0 Å². The van der Waals surface area contributed by atoms with E-state index >= 15 is 0 Å². The van der Waals surface area contributed by atoms with Crippen LogP contribution in [0.4, 0.5) is 0 Å². The van der Waals surface area contributed by atoms with Gasteiger partial charge in [-0.2, -0.15) is 0 Å². The molecule has 1 heterocycles. The number of aliphatic hydroxyl groups is 3. The molecule has 1 fully saturated rings. The molecular weight excluding hydrogens is 344 g/mol. The van der Waals surface area contributed by atoms with Crippen molar-refractivity contribution in [2.24, 2.45) is 0 Å². The minimum Gasteiger partial charge on any atom is -0.394 e. The highest BCUT2D eigenvalue weighted by atomic mass is 16.6. The van der Waals surface area contributed by atoms with E-state index in [4.69, 9.17) is 9.47 Å². The Balaban J connectivity index is 1.88. The third kappa shape index (κ3) is 11.2. The lowest BCUT2D eigenvalue weighted by Crippen LogP contribution is -2.42. The molecule has 5 heteroatoms. The SMILES string of the molecule is CCCCC/C=C/CCCCCCCCCO[C@@H](CO)[C@@H]1OC[C@@H](O)[C@@H]1O. The standard InChI is InChI=1S/C22H42O5/c1-2-3-4-5-6-7-8-9-10-11-12-13-14-15-16-26-20(17-23)22-21(25)19(24)18-27-22/h6-7,19-25H,2-5,8-18H2,1H3/b7-6+/t19-,20+,21+,22+/m1/s1. The van der Waals surface area contributed by atoms with Gasteiger partial charge in [0, 0.05) is 6.61 Å². The summed E-state index contributed by atoms with van der Waals surface area (Å²) in [5, 5.41) is 28.7. The summed E-state index contributed by atoms with van der Waals surface area (Å²) in [4.78, 5) is 0. The number of ether oxygens (including phenoxy) is 2. The highest BCUT2D eigenvalue weighted by Crippen LogP contribution is 2.20. The van der Waals surface area contributed by atoms with Crippen molar-refractivity contribution in [2.75, 3.05) is 19.8 Å². The van der Waals surface area contributed by atoms with Crippen LogP contribution in [0.15, 0.2) is 12.2 Å². The molecule has 0 unspecified atom stereocenters. The molecule has 0 aromatic carbocycles. The molecule has 1 aliphatic rings. The molecule has 0 spiro atoms. The molecular formula is C22H42O5. The maximum absolute atomic E-state index is 9.81. The molecule has 0 radical (unpaired) electrons. The van der Waals surface area contributed by atoms with E-state index in [2.05, 4.69) is 19.1 Å². The summed E-state index contributed by atoms with van der Waals surface area (Å²) in [5.41, 5.74) is 0. The maximum Gasteiger partial charge on any atom is 0.114 e. The second kappa shape index (κ2) is 16.5. The summed E-state index contributed by atoms with van der Waals surface area (Å²) in [6.07, 6.45) is 16.5. The molecule has 1 aliphatic heterocycles. The fraction of sp³-hybridized carbons (Fsp3) is 0.909. The predicted octanol–water partition coefficient (Wildman–Crippen LogP) is 3.74. The Bertz CT molecular complexity index is 361. The molecule has 3 N–H and O–H groups in total. The van der Waals surface area contributed by atoms with E-state index in [1.807, 2.05) is 0 Å². The van der Waals surface area contributed by atoms with Crippen molar-refractivity contribution >= 4 is 0 Å². The summed E-state index contributed by atoms with van der Waals surface area (Å²) >= 11 is 0.